The second-order valence-electron chi connectivity index (χ2n) is 5.57. The van der Waals surface area contributed by atoms with Gasteiger partial charge in [0.2, 0.25) is 23.6 Å². The first-order valence-electron chi connectivity index (χ1n) is 7.29. The number of amides is 4. The van der Waals surface area contributed by atoms with Crippen molar-refractivity contribution in [2.45, 2.75) is 38.8 Å². The molecule has 1 aromatic rings. The molecule has 2 aliphatic rings. The van der Waals surface area contributed by atoms with E-state index in [2.05, 4.69) is 0 Å². The largest absolute Gasteiger partial charge is 0.278 e. The zero-order valence-electron chi connectivity index (χ0n) is 12.1. The van der Waals surface area contributed by atoms with E-state index in [9.17, 15) is 19.2 Å². The molecule has 6 heteroatoms. The van der Waals surface area contributed by atoms with Crippen LogP contribution in [0.25, 0.3) is 0 Å². The highest BCUT2D eigenvalue weighted by Crippen LogP contribution is 2.19. The van der Waals surface area contributed by atoms with Crippen LogP contribution in [0.5, 0.6) is 0 Å². The van der Waals surface area contributed by atoms with Crippen molar-refractivity contribution in [1.29, 1.82) is 0 Å². The van der Waals surface area contributed by atoms with E-state index < -0.39 is 0 Å². The summed E-state index contributed by atoms with van der Waals surface area (Å²) in [6.45, 7) is 0.487. The van der Waals surface area contributed by atoms with E-state index in [1.807, 2.05) is 18.2 Å². The third-order valence-corrected chi connectivity index (χ3v) is 3.98. The van der Waals surface area contributed by atoms with Crippen molar-refractivity contribution >= 4 is 23.6 Å². The van der Waals surface area contributed by atoms with Crippen molar-refractivity contribution in [1.82, 2.24) is 9.80 Å². The molecule has 22 heavy (non-hydrogen) atoms. The molecule has 2 fully saturated rings. The summed E-state index contributed by atoms with van der Waals surface area (Å²) in [5.41, 5.74) is 1.64. The molecule has 0 aromatic heterocycles. The maximum Gasteiger partial charge on any atom is 0.229 e. The molecule has 0 atom stereocenters. The van der Waals surface area contributed by atoms with E-state index in [4.69, 9.17) is 0 Å². The van der Waals surface area contributed by atoms with Gasteiger partial charge in [0.1, 0.15) is 0 Å². The molecule has 6 nitrogen and oxygen atoms in total. The van der Waals surface area contributed by atoms with Gasteiger partial charge in [0.15, 0.2) is 0 Å². The highest BCUT2D eigenvalue weighted by Gasteiger charge is 2.30. The molecule has 0 saturated carbocycles. The minimum Gasteiger partial charge on any atom is -0.278 e. The van der Waals surface area contributed by atoms with E-state index >= 15 is 0 Å². The molecule has 0 aliphatic carbocycles. The number of hydrogen-bond acceptors (Lipinski definition) is 4. The number of nitrogens with zero attached hydrogens (tertiary/aromatic N) is 2. The van der Waals surface area contributed by atoms with Crippen LogP contribution in [-0.2, 0) is 32.3 Å². The molecule has 0 radical (unpaired) electrons. The fourth-order valence-electron chi connectivity index (χ4n) is 2.79. The normalized spacial score (nSPS) is 18.7. The molecule has 0 N–H and O–H groups in total. The molecule has 0 bridgehead atoms. The summed E-state index contributed by atoms with van der Waals surface area (Å²) in [7, 11) is 0. The van der Waals surface area contributed by atoms with Gasteiger partial charge in [-0.05, 0) is 11.1 Å². The monoisotopic (exact) mass is 300 g/mol. The van der Waals surface area contributed by atoms with E-state index in [0.29, 0.717) is 0 Å². The van der Waals surface area contributed by atoms with Gasteiger partial charge in [-0.3, -0.25) is 29.0 Å². The van der Waals surface area contributed by atoms with Crippen LogP contribution < -0.4 is 0 Å². The first-order valence-corrected chi connectivity index (χ1v) is 7.29. The van der Waals surface area contributed by atoms with Gasteiger partial charge in [0.05, 0.1) is 13.1 Å². The Morgan fingerprint density at radius 1 is 0.682 bits per heavy atom. The summed E-state index contributed by atoms with van der Waals surface area (Å²) in [4.78, 5) is 49.1. The standard InChI is InChI=1S/C16H16N2O4/c19-13-4-5-14(20)17(13)9-11-2-1-3-12(8-11)10-18-15(21)6-7-16(18)22/h1-3,8H,4-7,9-10H2. The Labute approximate surface area is 127 Å². The highest BCUT2D eigenvalue weighted by atomic mass is 16.2. The number of imide groups is 2. The van der Waals surface area contributed by atoms with Crippen LogP contribution in [0.4, 0.5) is 0 Å². The SMILES string of the molecule is O=C1CCC(=O)N1Cc1cccc(CN2C(=O)CCC2=O)c1. The minimum absolute atomic E-state index is 0.152. The molecule has 0 spiro atoms. The molecule has 2 aliphatic heterocycles. The average molecular weight is 300 g/mol. The van der Waals surface area contributed by atoms with Gasteiger partial charge in [-0.2, -0.15) is 0 Å². The number of carbonyl (C=O) groups is 4. The van der Waals surface area contributed by atoms with Gasteiger partial charge >= 0.3 is 0 Å². The lowest BCUT2D eigenvalue weighted by Gasteiger charge is -2.16. The lowest BCUT2D eigenvalue weighted by molar-refractivity contribution is -0.140. The smallest absolute Gasteiger partial charge is 0.229 e. The number of carbonyl (C=O) groups excluding carboxylic acids is 4. The van der Waals surface area contributed by atoms with E-state index in [1.54, 1.807) is 6.07 Å². The average Bonchev–Trinajstić information content (AvgIpc) is 2.98. The van der Waals surface area contributed by atoms with Crippen LogP contribution in [0.2, 0.25) is 0 Å². The fraction of sp³-hybridized carbons (Fsp3) is 0.375. The first kappa shape index (κ1) is 14.4. The zero-order valence-corrected chi connectivity index (χ0v) is 12.1. The van der Waals surface area contributed by atoms with Gasteiger partial charge < -0.3 is 0 Å². The van der Waals surface area contributed by atoms with Crippen molar-refractivity contribution < 1.29 is 19.2 Å². The van der Waals surface area contributed by atoms with Crippen molar-refractivity contribution in [3.63, 3.8) is 0 Å². The summed E-state index contributed by atoms with van der Waals surface area (Å²) in [5, 5.41) is 0. The number of benzene rings is 1. The van der Waals surface area contributed by atoms with E-state index in [1.165, 1.54) is 9.80 Å². The highest BCUT2D eigenvalue weighted by molar-refractivity contribution is 6.02. The Hall–Kier alpha value is -2.50. The van der Waals surface area contributed by atoms with Crippen LogP contribution >= 0.6 is 0 Å². The van der Waals surface area contributed by atoms with Crippen LogP contribution in [0.3, 0.4) is 0 Å². The molecule has 114 valence electrons. The molecule has 2 saturated heterocycles. The van der Waals surface area contributed by atoms with Gasteiger partial charge in [-0.1, -0.05) is 24.3 Å². The van der Waals surface area contributed by atoms with Crippen LogP contribution in [0.15, 0.2) is 24.3 Å². The maximum atomic E-state index is 11.6. The van der Waals surface area contributed by atoms with Gasteiger partial charge in [0.25, 0.3) is 0 Å². The van der Waals surface area contributed by atoms with Crippen molar-refractivity contribution in [3.05, 3.63) is 35.4 Å². The second-order valence-corrected chi connectivity index (χ2v) is 5.57. The molecule has 1 aromatic carbocycles. The second kappa shape index (κ2) is 5.71. The summed E-state index contributed by atoms with van der Waals surface area (Å²) in [6.07, 6.45) is 1.09. The van der Waals surface area contributed by atoms with Crippen LogP contribution in [0.1, 0.15) is 36.8 Å². The first-order chi connectivity index (χ1) is 10.5. The van der Waals surface area contributed by atoms with E-state index in [0.717, 1.165) is 11.1 Å². The Kier molecular flexibility index (Phi) is 3.75. The topological polar surface area (TPSA) is 74.8 Å². The number of rotatable bonds is 4. The van der Waals surface area contributed by atoms with Crippen LogP contribution in [0, 0.1) is 0 Å². The molecule has 4 amide bonds. The van der Waals surface area contributed by atoms with Crippen molar-refractivity contribution in [2.24, 2.45) is 0 Å². The maximum absolute atomic E-state index is 11.6. The third kappa shape index (κ3) is 2.77. The lowest BCUT2D eigenvalue weighted by Crippen LogP contribution is -2.29. The number of hydrogen-bond donors (Lipinski definition) is 0. The molecule has 0 unspecified atom stereocenters. The molecular formula is C16H16N2O4. The Balaban J connectivity index is 1.72. The van der Waals surface area contributed by atoms with Crippen molar-refractivity contribution in [2.75, 3.05) is 0 Å². The zero-order chi connectivity index (χ0) is 15.7. The Morgan fingerprint density at radius 3 is 1.41 bits per heavy atom. The van der Waals surface area contributed by atoms with Crippen LogP contribution in [-0.4, -0.2) is 33.4 Å². The summed E-state index contributed by atoms with van der Waals surface area (Å²) in [6, 6.07) is 7.30. The van der Waals surface area contributed by atoms with Gasteiger partial charge in [-0.15, -0.1) is 0 Å². The predicted molar refractivity (Wildman–Crippen MR) is 76.0 cm³/mol. The number of likely N-dealkylation sites (tertiary alicyclic amines) is 2. The third-order valence-electron chi connectivity index (χ3n) is 3.98. The van der Waals surface area contributed by atoms with Gasteiger partial charge in [-0.25, -0.2) is 0 Å². The predicted octanol–water partition coefficient (Wildman–Crippen LogP) is 0.985. The Bertz CT molecular complexity index is 583. The Morgan fingerprint density at radius 2 is 1.05 bits per heavy atom. The minimum atomic E-state index is -0.152. The summed E-state index contributed by atoms with van der Waals surface area (Å²) >= 11 is 0. The van der Waals surface area contributed by atoms with Crippen molar-refractivity contribution in [3.8, 4) is 0 Å². The lowest BCUT2D eigenvalue weighted by atomic mass is 10.1. The summed E-state index contributed by atoms with van der Waals surface area (Å²) < 4.78 is 0. The van der Waals surface area contributed by atoms with Gasteiger partial charge in [0, 0.05) is 25.7 Å². The molecular weight excluding hydrogens is 284 g/mol. The fourth-order valence-corrected chi connectivity index (χ4v) is 2.79. The molecule has 2 heterocycles. The molecule has 3 rings (SSSR count). The summed E-state index contributed by atoms with van der Waals surface area (Å²) in [5.74, 6) is -0.610. The van der Waals surface area contributed by atoms with E-state index in [-0.39, 0.29) is 62.4 Å². The quantitative estimate of drug-likeness (QED) is 0.777.